The van der Waals surface area contributed by atoms with E-state index >= 15 is 0 Å². The van der Waals surface area contributed by atoms with Gasteiger partial charge in [-0.05, 0) is 19.3 Å². The maximum Gasteiger partial charge on any atom is 0.304 e. The van der Waals surface area contributed by atoms with Crippen molar-refractivity contribution in [3.8, 4) is 0 Å². The van der Waals surface area contributed by atoms with Crippen molar-refractivity contribution in [3.05, 3.63) is 0 Å². The zero-order chi connectivity index (χ0) is 10.3. The molecule has 80 valence electrons. The maximum absolute atomic E-state index is 11.1. The quantitative estimate of drug-likeness (QED) is 0.644. The van der Waals surface area contributed by atoms with Gasteiger partial charge in [-0.1, -0.05) is 27.2 Å². The van der Waals surface area contributed by atoms with Crippen LogP contribution in [0.25, 0.3) is 0 Å². The highest BCUT2D eigenvalue weighted by Gasteiger charge is 2.08. The molecule has 0 bridgehead atoms. The first kappa shape index (κ1) is 13.1. The molecule has 0 aliphatic heterocycles. The Morgan fingerprint density at radius 3 is 2.38 bits per heavy atom. The molecule has 0 spiro atoms. The molecular weight excluding hydrogens is 188 g/mol. The van der Waals surface area contributed by atoms with Crippen molar-refractivity contribution in [2.75, 3.05) is 6.61 Å². The summed E-state index contributed by atoms with van der Waals surface area (Å²) in [6.07, 6.45) is 1.96. The predicted molar refractivity (Wildman–Crippen MR) is 54.4 cm³/mol. The molecule has 4 heteroatoms. The first-order valence-corrected chi connectivity index (χ1v) is 5.78. The second-order valence-corrected chi connectivity index (χ2v) is 4.41. The molecule has 13 heavy (non-hydrogen) atoms. The third-order valence-electron chi connectivity index (χ3n) is 1.44. The van der Waals surface area contributed by atoms with Crippen LogP contribution in [-0.4, -0.2) is 16.9 Å². The Morgan fingerprint density at radius 2 is 1.92 bits per heavy atom. The van der Waals surface area contributed by atoms with Crippen molar-refractivity contribution in [2.24, 2.45) is 5.92 Å². The summed E-state index contributed by atoms with van der Waals surface area (Å²) in [5.74, 6) is 0.383. The van der Waals surface area contributed by atoms with Gasteiger partial charge in [0.05, 0.1) is 12.7 Å². The topological polar surface area (TPSA) is 35.5 Å². The molecule has 0 aromatic heterocycles. The van der Waals surface area contributed by atoms with Gasteiger partial charge in [0.15, 0.2) is 0 Å². The lowest BCUT2D eigenvalue weighted by Gasteiger charge is -2.10. The summed E-state index contributed by atoms with van der Waals surface area (Å²) in [7, 11) is 0. The largest absolute Gasteiger partial charge is 0.304 e. The zero-order valence-corrected chi connectivity index (χ0v) is 9.73. The SMILES string of the molecule is CCCC(C)OS(=O)OCC(C)C. The standard InChI is InChI=1S/C9H20O3S/c1-5-6-9(4)12-13(10)11-7-8(2)3/h8-9H,5-7H2,1-4H3. The van der Waals surface area contributed by atoms with E-state index in [1.165, 1.54) is 0 Å². The summed E-state index contributed by atoms with van der Waals surface area (Å²) in [5, 5.41) is 0. The van der Waals surface area contributed by atoms with Gasteiger partial charge in [0.25, 0.3) is 0 Å². The van der Waals surface area contributed by atoms with Gasteiger partial charge >= 0.3 is 11.4 Å². The van der Waals surface area contributed by atoms with Crippen LogP contribution in [0.4, 0.5) is 0 Å². The van der Waals surface area contributed by atoms with Crippen molar-refractivity contribution in [3.63, 3.8) is 0 Å². The molecule has 0 aromatic carbocycles. The van der Waals surface area contributed by atoms with Gasteiger partial charge in [0, 0.05) is 0 Å². The highest BCUT2D eigenvalue weighted by molar-refractivity contribution is 7.75. The average molecular weight is 208 g/mol. The lowest BCUT2D eigenvalue weighted by Crippen LogP contribution is -2.14. The van der Waals surface area contributed by atoms with Gasteiger partial charge in [-0.2, -0.15) is 4.21 Å². The van der Waals surface area contributed by atoms with Crippen LogP contribution in [0.5, 0.6) is 0 Å². The Labute approximate surface area is 83.7 Å². The molecule has 0 heterocycles. The van der Waals surface area contributed by atoms with E-state index in [9.17, 15) is 4.21 Å². The summed E-state index contributed by atoms with van der Waals surface area (Å²) in [6.45, 7) is 8.46. The van der Waals surface area contributed by atoms with Crippen LogP contribution in [0.15, 0.2) is 0 Å². The number of hydrogen-bond acceptors (Lipinski definition) is 3. The van der Waals surface area contributed by atoms with Gasteiger partial charge < -0.3 is 0 Å². The van der Waals surface area contributed by atoms with E-state index in [2.05, 4.69) is 6.92 Å². The van der Waals surface area contributed by atoms with E-state index in [-0.39, 0.29) is 6.10 Å². The van der Waals surface area contributed by atoms with Crippen LogP contribution in [0.3, 0.4) is 0 Å². The van der Waals surface area contributed by atoms with Crippen molar-refractivity contribution in [1.29, 1.82) is 0 Å². The molecule has 0 aliphatic rings. The van der Waals surface area contributed by atoms with Gasteiger partial charge in [0.2, 0.25) is 0 Å². The normalized spacial score (nSPS) is 16.1. The van der Waals surface area contributed by atoms with Crippen molar-refractivity contribution in [1.82, 2.24) is 0 Å². The molecule has 0 N–H and O–H groups in total. The Kier molecular flexibility index (Phi) is 7.51. The van der Waals surface area contributed by atoms with Crippen LogP contribution in [0.2, 0.25) is 0 Å². The van der Waals surface area contributed by atoms with E-state index in [1.807, 2.05) is 20.8 Å². The molecule has 0 radical (unpaired) electrons. The fourth-order valence-corrected chi connectivity index (χ4v) is 1.61. The van der Waals surface area contributed by atoms with Crippen LogP contribution in [-0.2, 0) is 19.7 Å². The molecule has 2 atom stereocenters. The zero-order valence-electron chi connectivity index (χ0n) is 8.91. The first-order valence-electron chi connectivity index (χ1n) is 4.78. The van der Waals surface area contributed by atoms with E-state index in [1.54, 1.807) is 0 Å². The van der Waals surface area contributed by atoms with E-state index in [0.717, 1.165) is 12.8 Å². The van der Waals surface area contributed by atoms with Gasteiger partial charge in [0.1, 0.15) is 0 Å². The lowest BCUT2D eigenvalue weighted by atomic mass is 10.2. The van der Waals surface area contributed by atoms with Crippen LogP contribution in [0, 0.1) is 5.92 Å². The monoisotopic (exact) mass is 208 g/mol. The fourth-order valence-electron chi connectivity index (χ4n) is 0.808. The van der Waals surface area contributed by atoms with Crippen molar-refractivity contribution >= 4 is 11.4 Å². The molecule has 0 amide bonds. The Hall–Kier alpha value is 0.0700. The molecule has 0 saturated carbocycles. The Bertz CT molecular complexity index is 148. The van der Waals surface area contributed by atoms with Gasteiger partial charge in [-0.25, -0.2) is 0 Å². The third-order valence-corrected chi connectivity index (χ3v) is 2.25. The summed E-state index contributed by atoms with van der Waals surface area (Å²) in [4.78, 5) is 0. The molecule has 2 unspecified atom stereocenters. The Balaban J connectivity index is 3.50. The summed E-state index contributed by atoms with van der Waals surface area (Å²) >= 11 is -1.57. The van der Waals surface area contributed by atoms with Crippen molar-refractivity contribution in [2.45, 2.75) is 46.6 Å². The average Bonchev–Trinajstić information content (AvgIpc) is 2.01. The smallest absolute Gasteiger partial charge is 0.268 e. The summed E-state index contributed by atoms with van der Waals surface area (Å²) in [6, 6.07) is 0. The molecular formula is C9H20O3S. The fraction of sp³-hybridized carbons (Fsp3) is 1.00. The highest BCUT2D eigenvalue weighted by Crippen LogP contribution is 2.05. The molecule has 0 fully saturated rings. The third kappa shape index (κ3) is 8.40. The molecule has 0 aromatic rings. The molecule has 3 nitrogen and oxygen atoms in total. The van der Waals surface area contributed by atoms with E-state index in [4.69, 9.17) is 8.37 Å². The lowest BCUT2D eigenvalue weighted by molar-refractivity contribution is 0.177. The van der Waals surface area contributed by atoms with Crippen LogP contribution >= 0.6 is 0 Å². The number of hydrogen-bond donors (Lipinski definition) is 0. The minimum Gasteiger partial charge on any atom is -0.268 e. The van der Waals surface area contributed by atoms with Crippen LogP contribution < -0.4 is 0 Å². The molecule has 0 rings (SSSR count). The first-order chi connectivity index (χ1) is 6.06. The predicted octanol–water partition coefficient (Wildman–Crippen LogP) is 2.44. The summed E-state index contributed by atoms with van der Waals surface area (Å²) < 4.78 is 21.2. The molecule has 0 saturated heterocycles. The van der Waals surface area contributed by atoms with Crippen molar-refractivity contribution < 1.29 is 12.6 Å². The summed E-state index contributed by atoms with van der Waals surface area (Å²) in [5.41, 5.74) is 0. The minimum absolute atomic E-state index is 0.0120. The maximum atomic E-state index is 11.1. The van der Waals surface area contributed by atoms with Gasteiger partial charge in [-0.3, -0.25) is 8.37 Å². The second-order valence-electron chi connectivity index (χ2n) is 3.58. The minimum atomic E-state index is -1.57. The number of rotatable bonds is 7. The highest BCUT2D eigenvalue weighted by atomic mass is 32.2. The van der Waals surface area contributed by atoms with Crippen LogP contribution in [0.1, 0.15) is 40.5 Å². The Morgan fingerprint density at radius 1 is 1.31 bits per heavy atom. The van der Waals surface area contributed by atoms with E-state index < -0.39 is 11.4 Å². The van der Waals surface area contributed by atoms with E-state index in [0.29, 0.717) is 12.5 Å². The van der Waals surface area contributed by atoms with Gasteiger partial charge in [-0.15, -0.1) is 0 Å². The second kappa shape index (κ2) is 7.47. The molecule has 0 aliphatic carbocycles.